The monoisotopic (exact) mass is 490 g/mol. The maximum atomic E-state index is 12.9. The van der Waals surface area contributed by atoms with Crippen molar-refractivity contribution < 1.29 is 41.0 Å². The van der Waals surface area contributed by atoms with E-state index in [9.17, 15) is 31.5 Å². The third-order valence-electron chi connectivity index (χ3n) is 4.57. The van der Waals surface area contributed by atoms with Crippen molar-refractivity contribution in [2.75, 3.05) is 16.6 Å². The van der Waals surface area contributed by atoms with Crippen molar-refractivity contribution in [1.82, 2.24) is 0 Å². The van der Waals surface area contributed by atoms with Gasteiger partial charge in [-0.2, -0.15) is 0 Å². The Bertz CT molecular complexity index is 1080. The molecule has 0 spiro atoms. The summed E-state index contributed by atoms with van der Waals surface area (Å²) < 4.78 is 74.4. The number of nitrogens with one attached hydrogen (secondary N) is 2. The van der Waals surface area contributed by atoms with Gasteiger partial charge in [-0.25, -0.2) is 8.42 Å². The highest BCUT2D eigenvalue weighted by atomic mass is 32.2. The summed E-state index contributed by atoms with van der Waals surface area (Å²) in [5.74, 6) is -1.62. The molecule has 0 saturated heterocycles. The number of anilines is 2. The zero-order valence-electron chi connectivity index (χ0n) is 18.1. The smallest absolute Gasteiger partial charge is 0.492 e. The van der Waals surface area contributed by atoms with Crippen molar-refractivity contribution in [3.8, 4) is 11.5 Å². The van der Waals surface area contributed by atoms with Crippen LogP contribution in [0.25, 0.3) is 0 Å². The molecule has 0 unspecified atom stereocenters. The molecule has 0 aromatic heterocycles. The van der Waals surface area contributed by atoms with E-state index in [1.54, 1.807) is 13.8 Å². The zero-order valence-corrected chi connectivity index (χ0v) is 19.0. The minimum Gasteiger partial charge on any atom is -0.492 e. The number of alkyl halides is 3. The topological polar surface area (TPSA) is 114 Å². The number of sulfonamides is 1. The number of carbonyl (C=O) groups is 1. The Kier molecular flexibility index (Phi) is 8.56. The summed E-state index contributed by atoms with van der Waals surface area (Å²) in [7, 11) is -4.28. The van der Waals surface area contributed by atoms with Crippen LogP contribution in [0.2, 0.25) is 0 Å². The molecule has 0 bridgehead atoms. The Labute approximate surface area is 189 Å². The summed E-state index contributed by atoms with van der Waals surface area (Å²) in [6.07, 6.45) is -5.60. The number of halogens is 3. The van der Waals surface area contributed by atoms with Gasteiger partial charge in [0.05, 0.1) is 12.3 Å². The number of carbonyl (C=O) groups excluding carboxylic acids is 1. The van der Waals surface area contributed by atoms with Crippen LogP contribution in [0.5, 0.6) is 11.5 Å². The van der Waals surface area contributed by atoms with E-state index < -0.39 is 34.1 Å². The lowest BCUT2D eigenvalue weighted by atomic mass is 10.0. The number of rotatable bonds is 10. The second kappa shape index (κ2) is 10.8. The first-order valence-electron chi connectivity index (χ1n) is 10.0. The maximum Gasteiger partial charge on any atom is 0.573 e. The fourth-order valence-corrected chi connectivity index (χ4v) is 3.92. The number of aliphatic hydroxyl groups is 1. The normalized spacial score (nSPS) is 13.7. The van der Waals surface area contributed by atoms with Crippen LogP contribution in [-0.2, 0) is 14.8 Å². The summed E-state index contributed by atoms with van der Waals surface area (Å²) in [6.45, 7) is 5.27. The Balaban J connectivity index is 2.29. The van der Waals surface area contributed by atoms with E-state index in [0.717, 1.165) is 12.1 Å². The fraction of sp³-hybridized carbons (Fsp3) is 0.381. The summed E-state index contributed by atoms with van der Waals surface area (Å²) in [4.78, 5) is 11.9. The van der Waals surface area contributed by atoms with E-state index in [1.165, 1.54) is 30.3 Å². The molecular weight excluding hydrogens is 465 g/mol. The summed E-state index contributed by atoms with van der Waals surface area (Å²) in [6, 6.07) is 8.13. The van der Waals surface area contributed by atoms with Crippen molar-refractivity contribution in [2.24, 2.45) is 5.92 Å². The lowest BCUT2D eigenvalue weighted by molar-refractivity contribution is -0.274. The standard InChI is InChI=1S/C21H25F3N2O6S/c1-4-13(3)19(27)20(28)25-14-9-10-18(17(12-14)31-5-2)33(29,30)26-15-7-6-8-16(11-15)32-21(22,23)24/h6-13,19,26-27H,4-5H2,1-3H3,(H,25,28)/t13-,19-/m0/s1. The van der Waals surface area contributed by atoms with Gasteiger partial charge >= 0.3 is 6.36 Å². The Morgan fingerprint density at radius 2 is 1.82 bits per heavy atom. The summed E-state index contributed by atoms with van der Waals surface area (Å²) >= 11 is 0. The Morgan fingerprint density at radius 3 is 2.42 bits per heavy atom. The van der Waals surface area contributed by atoms with Crippen molar-refractivity contribution in [3.63, 3.8) is 0 Å². The van der Waals surface area contributed by atoms with E-state index in [2.05, 4.69) is 14.8 Å². The highest BCUT2D eigenvalue weighted by molar-refractivity contribution is 7.92. The van der Waals surface area contributed by atoms with Crippen molar-refractivity contribution >= 4 is 27.3 Å². The van der Waals surface area contributed by atoms with Crippen LogP contribution < -0.4 is 19.5 Å². The first-order chi connectivity index (χ1) is 15.4. The number of ether oxygens (including phenoxy) is 2. The molecule has 0 radical (unpaired) electrons. The third-order valence-corrected chi connectivity index (χ3v) is 5.99. The minimum absolute atomic E-state index is 0.0940. The molecule has 1 amide bonds. The minimum atomic E-state index is -4.93. The molecule has 0 aliphatic rings. The molecular formula is C21H25F3N2O6S. The van der Waals surface area contributed by atoms with Gasteiger partial charge in [-0.05, 0) is 37.1 Å². The lowest BCUT2D eigenvalue weighted by Crippen LogP contribution is -2.32. The molecule has 2 atom stereocenters. The van der Waals surface area contributed by atoms with Gasteiger partial charge in [-0.3, -0.25) is 9.52 Å². The lowest BCUT2D eigenvalue weighted by Gasteiger charge is -2.18. The van der Waals surface area contributed by atoms with Crippen LogP contribution >= 0.6 is 0 Å². The number of benzene rings is 2. The highest BCUT2D eigenvalue weighted by Gasteiger charge is 2.31. The van der Waals surface area contributed by atoms with E-state index in [0.29, 0.717) is 6.42 Å². The number of hydrogen-bond donors (Lipinski definition) is 3. The molecule has 0 aliphatic carbocycles. The molecule has 12 heteroatoms. The van der Waals surface area contributed by atoms with Crippen LogP contribution in [0, 0.1) is 5.92 Å². The van der Waals surface area contributed by atoms with Crippen molar-refractivity contribution in [1.29, 1.82) is 0 Å². The largest absolute Gasteiger partial charge is 0.573 e. The average Bonchev–Trinajstić information content (AvgIpc) is 2.71. The quantitative estimate of drug-likeness (QED) is 0.462. The second-order valence-corrected chi connectivity index (χ2v) is 8.75. The second-order valence-electron chi connectivity index (χ2n) is 7.10. The van der Waals surface area contributed by atoms with Gasteiger partial charge in [0.15, 0.2) is 0 Å². The molecule has 33 heavy (non-hydrogen) atoms. The van der Waals surface area contributed by atoms with Crippen LogP contribution in [-0.4, -0.2) is 38.5 Å². The fourth-order valence-electron chi connectivity index (χ4n) is 2.74. The number of amides is 1. The number of aliphatic hydroxyl groups excluding tert-OH is 1. The van der Waals surface area contributed by atoms with Crippen LogP contribution in [0.1, 0.15) is 27.2 Å². The molecule has 0 aliphatic heterocycles. The average molecular weight is 491 g/mol. The Hall–Kier alpha value is -2.99. The molecule has 8 nitrogen and oxygen atoms in total. The first-order valence-corrected chi connectivity index (χ1v) is 11.5. The van der Waals surface area contributed by atoms with Crippen molar-refractivity contribution in [3.05, 3.63) is 42.5 Å². The van der Waals surface area contributed by atoms with Gasteiger partial charge in [0.2, 0.25) is 0 Å². The van der Waals surface area contributed by atoms with Gasteiger partial charge in [0.25, 0.3) is 15.9 Å². The zero-order chi connectivity index (χ0) is 24.8. The number of hydrogen-bond acceptors (Lipinski definition) is 6. The molecule has 182 valence electrons. The summed E-state index contributed by atoms with van der Waals surface area (Å²) in [5, 5.41) is 12.5. The highest BCUT2D eigenvalue weighted by Crippen LogP contribution is 2.31. The molecule has 2 aromatic carbocycles. The predicted octanol–water partition coefficient (Wildman–Crippen LogP) is 4.13. The van der Waals surface area contributed by atoms with Crippen LogP contribution in [0.3, 0.4) is 0 Å². The van der Waals surface area contributed by atoms with Gasteiger partial charge in [-0.15, -0.1) is 13.2 Å². The van der Waals surface area contributed by atoms with E-state index >= 15 is 0 Å². The van der Waals surface area contributed by atoms with E-state index in [4.69, 9.17) is 4.74 Å². The third kappa shape index (κ3) is 7.53. The maximum absolute atomic E-state index is 12.9. The van der Waals surface area contributed by atoms with E-state index in [1.807, 2.05) is 6.92 Å². The molecule has 0 fully saturated rings. The van der Waals surface area contributed by atoms with Gasteiger partial charge < -0.3 is 19.9 Å². The van der Waals surface area contributed by atoms with Crippen LogP contribution in [0.4, 0.5) is 24.5 Å². The molecule has 0 heterocycles. The van der Waals surface area contributed by atoms with Gasteiger partial charge in [0, 0.05) is 17.8 Å². The Morgan fingerprint density at radius 1 is 1.12 bits per heavy atom. The SMILES string of the molecule is CCOc1cc(NC(=O)[C@@H](O)[C@@H](C)CC)ccc1S(=O)(=O)Nc1cccc(OC(F)(F)F)c1. The predicted molar refractivity (Wildman–Crippen MR) is 116 cm³/mol. The molecule has 0 saturated carbocycles. The van der Waals surface area contributed by atoms with E-state index in [-0.39, 0.29) is 34.5 Å². The molecule has 3 N–H and O–H groups in total. The molecule has 2 aromatic rings. The van der Waals surface area contributed by atoms with Gasteiger partial charge in [-0.1, -0.05) is 26.3 Å². The summed E-state index contributed by atoms with van der Waals surface area (Å²) in [5.41, 5.74) is 0.0404. The van der Waals surface area contributed by atoms with Crippen molar-refractivity contribution in [2.45, 2.75) is 44.6 Å². The first kappa shape index (κ1) is 26.3. The van der Waals surface area contributed by atoms with Crippen LogP contribution in [0.15, 0.2) is 47.4 Å². The van der Waals surface area contributed by atoms with Gasteiger partial charge in [0.1, 0.15) is 22.5 Å². The molecule has 2 rings (SSSR count).